The highest BCUT2D eigenvalue weighted by molar-refractivity contribution is 6.23. The average Bonchev–Trinajstić information content (AvgIpc) is 3.12. The maximum atomic E-state index is 14.1. The van der Waals surface area contributed by atoms with Crippen LogP contribution >= 0.6 is 0 Å². The lowest BCUT2D eigenvalue weighted by molar-refractivity contribution is -0.168. The Hall–Kier alpha value is -3.35. The maximum Gasteiger partial charge on any atom is 0.239 e. The molecule has 0 N–H and O–H groups in total. The van der Waals surface area contributed by atoms with Gasteiger partial charge in [-0.25, -0.2) is 9.29 Å². The van der Waals surface area contributed by atoms with Crippen LogP contribution in [0.15, 0.2) is 72.8 Å². The molecular weight excluding hydrogens is 421 g/mol. The van der Waals surface area contributed by atoms with Crippen molar-refractivity contribution < 1.29 is 23.5 Å². The molecule has 0 aromatic heterocycles. The summed E-state index contributed by atoms with van der Waals surface area (Å²) >= 11 is 0. The maximum absolute atomic E-state index is 14.1. The van der Waals surface area contributed by atoms with E-state index in [1.807, 2.05) is 48.5 Å². The fraction of sp³-hybridized carbons (Fsp3) is 0.259. The molecule has 2 amide bonds. The van der Waals surface area contributed by atoms with E-state index in [4.69, 9.17) is 9.47 Å². The van der Waals surface area contributed by atoms with Gasteiger partial charge in [0.1, 0.15) is 5.82 Å². The number of rotatable bonds is 4. The minimum absolute atomic E-state index is 0.263. The number of anilines is 1. The third-order valence-corrected chi connectivity index (χ3v) is 7.57. The van der Waals surface area contributed by atoms with Crippen molar-refractivity contribution in [3.8, 4) is 0 Å². The first-order valence-electron chi connectivity index (χ1n) is 10.9. The van der Waals surface area contributed by atoms with Crippen LogP contribution in [0.3, 0.4) is 0 Å². The molecule has 1 heterocycles. The first-order valence-corrected chi connectivity index (χ1v) is 10.9. The number of hydrogen-bond donors (Lipinski definition) is 0. The summed E-state index contributed by atoms with van der Waals surface area (Å²) in [4.78, 5) is 29.2. The predicted octanol–water partition coefficient (Wildman–Crippen LogP) is 4.00. The zero-order valence-corrected chi connectivity index (χ0v) is 18.2. The van der Waals surface area contributed by atoms with Crippen molar-refractivity contribution in [1.29, 1.82) is 0 Å². The van der Waals surface area contributed by atoms with Gasteiger partial charge in [0.2, 0.25) is 11.8 Å². The van der Waals surface area contributed by atoms with E-state index in [2.05, 4.69) is 0 Å². The fourth-order valence-corrected chi connectivity index (χ4v) is 6.54. The SMILES string of the molecule is COC(OC)C12c3ccccc3C(c3ccccc31)[C@@H]1C(=O)N(c3ccc(F)cc3)C(=O)[C@H]12. The Morgan fingerprint density at radius 2 is 1.36 bits per heavy atom. The lowest BCUT2D eigenvalue weighted by atomic mass is 9.47. The highest BCUT2D eigenvalue weighted by Gasteiger charge is 2.71. The van der Waals surface area contributed by atoms with E-state index < -0.39 is 29.4 Å². The van der Waals surface area contributed by atoms with Gasteiger partial charge in [0.25, 0.3) is 0 Å². The quantitative estimate of drug-likeness (QED) is 0.452. The van der Waals surface area contributed by atoms with Crippen molar-refractivity contribution in [2.75, 3.05) is 19.1 Å². The Morgan fingerprint density at radius 3 is 1.91 bits per heavy atom. The van der Waals surface area contributed by atoms with E-state index in [9.17, 15) is 14.0 Å². The standard InChI is InChI=1S/C27H22FNO4/c1-32-26(33-2)27-19-9-5-3-7-17(19)21(18-8-4-6-10-20(18)27)22-23(27)25(31)29(24(22)30)16-13-11-15(28)12-14-16/h3-14,21-23,26H,1-2H3/t21?,22-,23-,27?/m0/s1. The molecule has 33 heavy (non-hydrogen) atoms. The summed E-state index contributed by atoms with van der Waals surface area (Å²) in [6.07, 6.45) is -0.793. The van der Waals surface area contributed by atoms with Gasteiger partial charge in [-0.15, -0.1) is 0 Å². The highest BCUT2D eigenvalue weighted by Crippen LogP contribution is 2.65. The number of amides is 2. The molecule has 0 saturated carbocycles. The molecule has 0 unspecified atom stereocenters. The lowest BCUT2D eigenvalue weighted by Gasteiger charge is -2.56. The third kappa shape index (κ3) is 2.37. The second-order valence-electron chi connectivity index (χ2n) is 8.82. The van der Waals surface area contributed by atoms with E-state index in [0.29, 0.717) is 5.69 Å². The molecule has 0 spiro atoms. The van der Waals surface area contributed by atoms with Gasteiger partial charge in [-0.05, 0) is 46.5 Å². The van der Waals surface area contributed by atoms with Crippen LogP contribution in [-0.2, 0) is 24.5 Å². The molecule has 166 valence electrons. The first kappa shape index (κ1) is 20.3. The van der Waals surface area contributed by atoms with E-state index in [1.165, 1.54) is 29.2 Å². The molecule has 6 heteroatoms. The molecule has 7 rings (SSSR count). The molecule has 2 bridgehead atoms. The van der Waals surface area contributed by atoms with Gasteiger partial charge in [-0.3, -0.25) is 9.59 Å². The summed E-state index contributed by atoms with van der Waals surface area (Å²) in [6.45, 7) is 0. The topological polar surface area (TPSA) is 55.8 Å². The summed E-state index contributed by atoms with van der Waals surface area (Å²) in [5.74, 6) is -2.61. The number of imide groups is 1. The van der Waals surface area contributed by atoms with Gasteiger partial charge in [-0.1, -0.05) is 48.5 Å². The zero-order chi connectivity index (χ0) is 22.9. The van der Waals surface area contributed by atoms with Crippen LogP contribution in [0.1, 0.15) is 28.2 Å². The van der Waals surface area contributed by atoms with Crippen molar-refractivity contribution in [3.63, 3.8) is 0 Å². The summed E-state index contributed by atoms with van der Waals surface area (Å²) in [5, 5.41) is 0. The molecule has 5 nitrogen and oxygen atoms in total. The smallest absolute Gasteiger partial charge is 0.239 e. The summed E-state index contributed by atoms with van der Waals surface area (Å²) in [6, 6.07) is 21.4. The molecule has 1 aliphatic heterocycles. The molecule has 1 saturated heterocycles. The van der Waals surface area contributed by atoms with E-state index >= 15 is 0 Å². The predicted molar refractivity (Wildman–Crippen MR) is 119 cm³/mol. The van der Waals surface area contributed by atoms with Gasteiger partial charge in [-0.2, -0.15) is 0 Å². The van der Waals surface area contributed by atoms with Crippen LogP contribution in [0.5, 0.6) is 0 Å². The Labute approximate surface area is 190 Å². The van der Waals surface area contributed by atoms with Crippen LogP contribution in [0.4, 0.5) is 10.1 Å². The molecule has 3 aliphatic carbocycles. The van der Waals surface area contributed by atoms with Crippen LogP contribution in [0.2, 0.25) is 0 Å². The molecule has 4 aliphatic rings. The Balaban J connectivity index is 1.67. The number of benzene rings is 3. The Morgan fingerprint density at radius 1 is 0.818 bits per heavy atom. The third-order valence-electron chi connectivity index (χ3n) is 7.57. The van der Waals surface area contributed by atoms with Crippen LogP contribution in [0.25, 0.3) is 0 Å². The largest absolute Gasteiger partial charge is 0.355 e. The number of hydrogen-bond acceptors (Lipinski definition) is 4. The van der Waals surface area contributed by atoms with Crippen molar-refractivity contribution in [2.45, 2.75) is 17.6 Å². The van der Waals surface area contributed by atoms with Crippen molar-refractivity contribution in [2.24, 2.45) is 11.8 Å². The van der Waals surface area contributed by atoms with Crippen molar-refractivity contribution in [3.05, 3.63) is 101 Å². The zero-order valence-electron chi connectivity index (χ0n) is 18.2. The molecule has 0 radical (unpaired) electrons. The van der Waals surface area contributed by atoms with Gasteiger partial charge >= 0.3 is 0 Å². The normalized spacial score (nSPS) is 27.0. The van der Waals surface area contributed by atoms with Gasteiger partial charge in [0, 0.05) is 20.1 Å². The van der Waals surface area contributed by atoms with Gasteiger partial charge in [0.05, 0.1) is 22.9 Å². The fourth-order valence-electron chi connectivity index (χ4n) is 6.54. The Kier molecular flexibility index (Phi) is 4.34. The van der Waals surface area contributed by atoms with Crippen LogP contribution in [0, 0.1) is 17.7 Å². The van der Waals surface area contributed by atoms with Crippen LogP contribution < -0.4 is 4.90 Å². The van der Waals surface area contributed by atoms with Gasteiger partial charge in [0.15, 0.2) is 6.29 Å². The van der Waals surface area contributed by atoms with Gasteiger partial charge < -0.3 is 9.47 Å². The number of carbonyl (C=O) groups is 2. The average molecular weight is 443 g/mol. The summed E-state index contributed by atoms with van der Waals surface area (Å²) in [7, 11) is 3.12. The van der Waals surface area contributed by atoms with E-state index in [1.54, 1.807) is 14.2 Å². The minimum Gasteiger partial charge on any atom is -0.355 e. The van der Waals surface area contributed by atoms with Crippen LogP contribution in [-0.4, -0.2) is 32.3 Å². The monoisotopic (exact) mass is 443 g/mol. The Bertz CT molecular complexity index is 1240. The molecular formula is C27H22FNO4. The number of methoxy groups -OCH3 is 2. The molecule has 3 aromatic carbocycles. The van der Waals surface area contributed by atoms with Crippen molar-refractivity contribution in [1.82, 2.24) is 0 Å². The second kappa shape index (κ2) is 7.07. The number of carbonyl (C=O) groups excluding carboxylic acids is 2. The first-order chi connectivity index (χ1) is 16.1. The molecule has 1 fully saturated rings. The summed E-state index contributed by atoms with van der Waals surface area (Å²) in [5.41, 5.74) is 3.29. The van der Waals surface area contributed by atoms with E-state index in [-0.39, 0.29) is 17.7 Å². The van der Waals surface area contributed by atoms with E-state index in [0.717, 1.165) is 22.3 Å². The summed E-state index contributed by atoms with van der Waals surface area (Å²) < 4.78 is 25.3. The molecule has 3 aromatic rings. The molecule has 2 atom stereocenters. The number of halogens is 1. The number of nitrogens with zero attached hydrogens (tertiary/aromatic N) is 1. The lowest BCUT2D eigenvalue weighted by Crippen LogP contribution is -2.60. The highest BCUT2D eigenvalue weighted by atomic mass is 19.1. The second-order valence-corrected chi connectivity index (χ2v) is 8.82. The number of ether oxygens (including phenoxy) is 2. The van der Waals surface area contributed by atoms with Crippen molar-refractivity contribution >= 4 is 17.5 Å². The minimum atomic E-state index is -1.00.